The summed E-state index contributed by atoms with van der Waals surface area (Å²) in [5.41, 5.74) is 0. The lowest BCUT2D eigenvalue weighted by Crippen LogP contribution is -2.21. The van der Waals surface area contributed by atoms with E-state index in [0.717, 1.165) is 0 Å². The van der Waals surface area contributed by atoms with E-state index in [2.05, 4.69) is 6.58 Å². The monoisotopic (exact) mass is 163 g/mol. The van der Waals surface area contributed by atoms with E-state index in [1.165, 1.54) is 0 Å². The van der Waals surface area contributed by atoms with Crippen LogP contribution >= 0.6 is 0 Å². The molecular weight excluding hydrogens is 150 g/mol. The molecule has 0 aliphatic heterocycles. The zero-order valence-corrected chi connectivity index (χ0v) is 7.66. The summed E-state index contributed by atoms with van der Waals surface area (Å²) in [6.07, 6.45) is 0. The predicted molar refractivity (Wildman–Crippen MR) is 41.5 cm³/mol. The number of hydrogen-bond acceptors (Lipinski definition) is 4. The smallest absolute Gasteiger partial charge is 0.379 e. The number of nitrogens with one attached hydrogen (secondary N) is 1. The van der Waals surface area contributed by atoms with Crippen molar-refractivity contribution in [3.63, 3.8) is 0 Å². The van der Waals surface area contributed by atoms with Gasteiger partial charge in [0.2, 0.25) is 0 Å². The van der Waals surface area contributed by atoms with Gasteiger partial charge in [-0.15, -0.1) is 0 Å². The first-order chi connectivity index (χ1) is 4.76. The van der Waals surface area contributed by atoms with Crippen LogP contribution in [0.1, 0.15) is 0 Å². The largest absolute Gasteiger partial charge is 0.483 e. The number of hydrogen-bond donors (Lipinski definition) is 1. The van der Waals surface area contributed by atoms with Gasteiger partial charge in [0.1, 0.15) is 0 Å². The van der Waals surface area contributed by atoms with E-state index in [-0.39, 0.29) is 0 Å². The van der Waals surface area contributed by atoms with Crippen molar-refractivity contribution < 1.29 is 13.3 Å². The molecule has 0 heterocycles. The molecule has 0 saturated heterocycles. The molecule has 1 N–H and O–H groups in total. The molecule has 5 heteroatoms. The molecule has 0 saturated carbocycles. The standard InChI is InChI=1S/C3H10O3Si.C2H3N/c1-4-7(5-2)6-3;1-2-3/h7H,1-3H3;3H,1H2. The Morgan fingerprint density at radius 2 is 1.40 bits per heavy atom. The van der Waals surface area contributed by atoms with Crippen molar-refractivity contribution in [2.24, 2.45) is 0 Å². The zero-order chi connectivity index (χ0) is 8.41. The Kier molecular flexibility index (Phi) is 13.9. The summed E-state index contributed by atoms with van der Waals surface area (Å²) >= 11 is 0. The molecule has 0 bridgehead atoms. The molecule has 0 atom stereocenters. The second kappa shape index (κ2) is 11.4. The van der Waals surface area contributed by atoms with E-state index in [4.69, 9.17) is 18.7 Å². The van der Waals surface area contributed by atoms with Crippen molar-refractivity contribution in [1.82, 2.24) is 0 Å². The normalized spacial score (nSPS) is 8.00. The summed E-state index contributed by atoms with van der Waals surface area (Å²) in [4.78, 5) is 0. The second-order valence-corrected chi connectivity index (χ2v) is 3.16. The van der Waals surface area contributed by atoms with Crippen LogP contribution in [0.15, 0.2) is 6.58 Å². The van der Waals surface area contributed by atoms with Crippen LogP contribution in [-0.2, 0) is 13.3 Å². The molecule has 0 spiro atoms. The number of rotatable bonds is 3. The third kappa shape index (κ3) is 10.5. The first-order valence-electron chi connectivity index (χ1n) is 2.54. The SMILES string of the molecule is C=C=N.CO[SiH](OC)OC. The summed E-state index contributed by atoms with van der Waals surface area (Å²) in [5, 5.41) is 5.85. The van der Waals surface area contributed by atoms with Gasteiger partial charge in [-0.25, -0.2) is 0 Å². The minimum Gasteiger partial charge on any atom is -0.379 e. The van der Waals surface area contributed by atoms with E-state index in [0.29, 0.717) is 0 Å². The fourth-order valence-electron chi connectivity index (χ4n) is 0.289. The molecule has 0 aromatic carbocycles. The van der Waals surface area contributed by atoms with Crippen LogP contribution in [0.25, 0.3) is 0 Å². The van der Waals surface area contributed by atoms with Crippen molar-refractivity contribution in [3.8, 4) is 0 Å². The summed E-state index contributed by atoms with van der Waals surface area (Å²) in [6, 6.07) is 0. The molecule has 0 amide bonds. The van der Waals surface area contributed by atoms with Gasteiger partial charge in [0.25, 0.3) is 0 Å². The second-order valence-electron chi connectivity index (χ2n) is 1.17. The van der Waals surface area contributed by atoms with Crippen LogP contribution < -0.4 is 0 Å². The average molecular weight is 163 g/mol. The predicted octanol–water partition coefficient (Wildman–Crippen LogP) is 0.0637. The molecular formula is C5H13NO3Si. The van der Waals surface area contributed by atoms with Gasteiger partial charge in [-0.2, -0.15) is 0 Å². The first-order valence-corrected chi connectivity index (χ1v) is 3.95. The average Bonchev–Trinajstić information content (AvgIpc) is 1.93. The lowest BCUT2D eigenvalue weighted by atomic mass is 11.2. The van der Waals surface area contributed by atoms with Crippen LogP contribution in [0.2, 0.25) is 0 Å². The minimum atomic E-state index is -1.67. The molecule has 4 nitrogen and oxygen atoms in total. The quantitative estimate of drug-likeness (QED) is 0.473. The molecule has 0 radical (unpaired) electrons. The fraction of sp³-hybridized carbons (Fsp3) is 0.600. The van der Waals surface area contributed by atoms with Crippen LogP contribution in [0.3, 0.4) is 0 Å². The molecule has 10 heavy (non-hydrogen) atoms. The molecule has 0 fully saturated rings. The Labute approximate surface area is 62.9 Å². The molecule has 0 aliphatic carbocycles. The lowest BCUT2D eigenvalue weighted by molar-refractivity contribution is 0.163. The summed E-state index contributed by atoms with van der Waals surface area (Å²) in [6.45, 7) is 2.90. The third-order valence-corrected chi connectivity index (χ3v) is 1.73. The zero-order valence-electron chi connectivity index (χ0n) is 6.51. The Morgan fingerprint density at radius 3 is 1.40 bits per heavy atom. The molecule has 0 unspecified atom stereocenters. The maximum Gasteiger partial charge on any atom is 0.483 e. The Hall–Kier alpha value is -0.453. The van der Waals surface area contributed by atoms with Crippen molar-refractivity contribution in [1.29, 1.82) is 5.41 Å². The lowest BCUT2D eigenvalue weighted by Gasteiger charge is -2.05. The van der Waals surface area contributed by atoms with Crippen molar-refractivity contribution in [2.75, 3.05) is 21.3 Å². The van der Waals surface area contributed by atoms with E-state index < -0.39 is 9.53 Å². The topological polar surface area (TPSA) is 51.5 Å². The van der Waals surface area contributed by atoms with Gasteiger partial charge in [0, 0.05) is 21.3 Å². The Morgan fingerprint density at radius 1 is 1.20 bits per heavy atom. The van der Waals surface area contributed by atoms with E-state index in [1.54, 1.807) is 27.2 Å². The van der Waals surface area contributed by atoms with Gasteiger partial charge in [0.05, 0.1) is 0 Å². The molecule has 0 aromatic heterocycles. The van der Waals surface area contributed by atoms with Crippen molar-refractivity contribution >= 4 is 15.4 Å². The highest BCUT2D eigenvalue weighted by atomic mass is 28.3. The summed E-state index contributed by atoms with van der Waals surface area (Å²) in [7, 11) is 3.05. The third-order valence-electron chi connectivity index (χ3n) is 0.577. The first kappa shape index (κ1) is 12.2. The van der Waals surface area contributed by atoms with Gasteiger partial charge < -0.3 is 13.3 Å². The van der Waals surface area contributed by atoms with Gasteiger partial charge in [-0.1, -0.05) is 0 Å². The van der Waals surface area contributed by atoms with E-state index >= 15 is 0 Å². The van der Waals surface area contributed by atoms with E-state index in [9.17, 15) is 0 Å². The fourth-order valence-corrected chi connectivity index (χ4v) is 0.866. The van der Waals surface area contributed by atoms with Crippen molar-refractivity contribution in [2.45, 2.75) is 0 Å². The van der Waals surface area contributed by atoms with Crippen LogP contribution in [0.5, 0.6) is 0 Å². The van der Waals surface area contributed by atoms with Crippen LogP contribution in [0.4, 0.5) is 0 Å². The maximum absolute atomic E-state index is 5.85. The van der Waals surface area contributed by atoms with Crippen LogP contribution in [0, 0.1) is 5.41 Å². The van der Waals surface area contributed by atoms with Gasteiger partial charge in [-0.3, -0.25) is 5.41 Å². The Bertz CT molecular complexity index is 83.4. The maximum atomic E-state index is 5.85. The van der Waals surface area contributed by atoms with Gasteiger partial charge in [0.15, 0.2) is 0 Å². The van der Waals surface area contributed by atoms with Crippen molar-refractivity contribution in [3.05, 3.63) is 6.58 Å². The molecule has 0 aromatic rings. The highest BCUT2D eigenvalue weighted by Gasteiger charge is 2.04. The Balaban J connectivity index is 0. The van der Waals surface area contributed by atoms with E-state index in [1.807, 2.05) is 0 Å². The van der Waals surface area contributed by atoms with Gasteiger partial charge in [-0.05, 0) is 12.4 Å². The molecule has 0 rings (SSSR count). The highest BCUT2D eigenvalue weighted by molar-refractivity contribution is 6.36. The van der Waals surface area contributed by atoms with Crippen LogP contribution in [-0.4, -0.2) is 36.7 Å². The minimum absolute atomic E-state index is 1.57. The molecule has 0 aliphatic rings. The highest BCUT2D eigenvalue weighted by Crippen LogP contribution is 1.81. The summed E-state index contributed by atoms with van der Waals surface area (Å²) in [5.74, 6) is 1.75. The van der Waals surface area contributed by atoms with Gasteiger partial charge >= 0.3 is 9.53 Å². The molecule has 60 valence electrons. The summed E-state index contributed by atoms with van der Waals surface area (Å²) < 4.78 is 14.2.